The van der Waals surface area contributed by atoms with Gasteiger partial charge in [0.1, 0.15) is 0 Å². The molecule has 49 heavy (non-hydrogen) atoms. The van der Waals surface area contributed by atoms with Crippen molar-refractivity contribution in [3.63, 3.8) is 0 Å². The van der Waals surface area contributed by atoms with Gasteiger partial charge in [0.25, 0.3) is 0 Å². The van der Waals surface area contributed by atoms with Gasteiger partial charge in [0.05, 0.1) is 16.7 Å². The van der Waals surface area contributed by atoms with Gasteiger partial charge in [-0.1, -0.05) is 158 Å². The highest BCUT2D eigenvalue weighted by atomic mass is 15.0. The van der Waals surface area contributed by atoms with E-state index in [1.807, 2.05) is 36.4 Å². The molecule has 0 unspecified atom stereocenters. The molecular weight excluding hydrogens is 597 g/mol. The van der Waals surface area contributed by atoms with Crippen molar-refractivity contribution < 1.29 is 0 Å². The van der Waals surface area contributed by atoms with Crippen molar-refractivity contribution in [3.05, 3.63) is 182 Å². The summed E-state index contributed by atoms with van der Waals surface area (Å²) in [6.07, 6.45) is 0. The molecule has 0 aliphatic heterocycles. The third kappa shape index (κ3) is 5.26. The Balaban J connectivity index is 1.28. The molecule has 0 saturated carbocycles. The monoisotopic (exact) mass is 626 g/mol. The van der Waals surface area contributed by atoms with Gasteiger partial charge in [-0.15, -0.1) is 0 Å². The van der Waals surface area contributed by atoms with E-state index in [-0.39, 0.29) is 0 Å². The van der Waals surface area contributed by atoms with Crippen LogP contribution in [0.5, 0.6) is 0 Å². The minimum Gasteiger partial charge on any atom is -0.309 e. The summed E-state index contributed by atoms with van der Waals surface area (Å²) in [5.41, 5.74) is 10.7. The first kappa shape index (κ1) is 28.6. The Kier molecular flexibility index (Phi) is 7.10. The molecule has 0 aliphatic carbocycles. The lowest BCUT2D eigenvalue weighted by Crippen LogP contribution is -2.02. The van der Waals surface area contributed by atoms with E-state index in [0.717, 1.165) is 55.7 Å². The maximum absolute atomic E-state index is 5.15. The number of rotatable bonds is 6. The molecule has 0 atom stereocenters. The van der Waals surface area contributed by atoms with Crippen LogP contribution in [0.15, 0.2) is 182 Å². The fourth-order valence-corrected chi connectivity index (χ4v) is 6.72. The van der Waals surface area contributed by atoms with Crippen LogP contribution in [0.25, 0.3) is 83.9 Å². The minimum atomic E-state index is 0.621. The number of aromatic nitrogens is 4. The minimum absolute atomic E-state index is 0.621. The molecular formula is C45H30N4. The predicted molar refractivity (Wildman–Crippen MR) is 201 cm³/mol. The van der Waals surface area contributed by atoms with Crippen molar-refractivity contribution in [3.8, 4) is 62.1 Å². The van der Waals surface area contributed by atoms with Gasteiger partial charge in [-0.3, -0.25) is 0 Å². The highest BCUT2D eigenvalue weighted by molar-refractivity contribution is 6.09. The summed E-state index contributed by atoms with van der Waals surface area (Å²) in [6.45, 7) is 0. The highest BCUT2D eigenvalue weighted by Gasteiger charge is 2.19. The van der Waals surface area contributed by atoms with Crippen molar-refractivity contribution in [2.24, 2.45) is 0 Å². The molecule has 4 heteroatoms. The van der Waals surface area contributed by atoms with Gasteiger partial charge in [-0.25, -0.2) is 15.0 Å². The second-order valence-electron chi connectivity index (χ2n) is 12.1. The standard InChI is InChI=1S/C45H30N4/c1-4-15-31(16-5-1)34-21-14-22-35(29-34)44-46-43(33-19-8-3-9-20-33)47-45(48-44)36-27-28-37(32-17-6-2-7-18-32)42(30-36)49-40-25-12-10-23-38(40)39-24-11-13-26-41(39)49/h1-30H. The fourth-order valence-electron chi connectivity index (χ4n) is 6.72. The largest absolute Gasteiger partial charge is 0.309 e. The number of para-hydroxylation sites is 2. The van der Waals surface area contributed by atoms with Crippen LogP contribution < -0.4 is 0 Å². The quantitative estimate of drug-likeness (QED) is 0.184. The average Bonchev–Trinajstić information content (AvgIpc) is 3.53. The number of nitrogens with zero attached hydrogens (tertiary/aromatic N) is 4. The summed E-state index contributed by atoms with van der Waals surface area (Å²) in [5, 5.41) is 2.43. The van der Waals surface area contributed by atoms with Gasteiger partial charge in [0.2, 0.25) is 0 Å². The molecule has 2 aromatic heterocycles. The molecule has 230 valence electrons. The Morgan fingerprint density at radius 1 is 0.306 bits per heavy atom. The zero-order valence-corrected chi connectivity index (χ0v) is 26.6. The van der Waals surface area contributed by atoms with E-state index in [9.17, 15) is 0 Å². The van der Waals surface area contributed by atoms with Crippen molar-refractivity contribution in [2.75, 3.05) is 0 Å². The van der Waals surface area contributed by atoms with Gasteiger partial charge in [0, 0.05) is 33.0 Å². The summed E-state index contributed by atoms with van der Waals surface area (Å²) in [4.78, 5) is 15.3. The lowest BCUT2D eigenvalue weighted by Gasteiger charge is -2.16. The van der Waals surface area contributed by atoms with Crippen LogP contribution in [0.1, 0.15) is 0 Å². The molecule has 4 nitrogen and oxygen atoms in total. The second kappa shape index (κ2) is 12.2. The van der Waals surface area contributed by atoms with E-state index in [4.69, 9.17) is 15.0 Å². The molecule has 0 fully saturated rings. The maximum atomic E-state index is 5.15. The van der Waals surface area contributed by atoms with Gasteiger partial charge in [-0.2, -0.15) is 0 Å². The van der Waals surface area contributed by atoms with Crippen LogP contribution in [0.4, 0.5) is 0 Å². The lowest BCUT2D eigenvalue weighted by molar-refractivity contribution is 1.07. The summed E-state index contributed by atoms with van der Waals surface area (Å²) in [6, 6.07) is 63.3. The fraction of sp³-hybridized carbons (Fsp3) is 0. The number of fused-ring (bicyclic) bond motifs is 3. The molecule has 2 heterocycles. The molecule has 9 rings (SSSR count). The van der Waals surface area contributed by atoms with Crippen LogP contribution in [-0.4, -0.2) is 19.5 Å². The predicted octanol–water partition coefficient (Wildman–Crippen LogP) is 11.3. The number of hydrogen-bond donors (Lipinski definition) is 0. The Hall–Kier alpha value is -6.65. The molecule has 7 aromatic carbocycles. The molecule has 0 bridgehead atoms. The summed E-state index contributed by atoms with van der Waals surface area (Å²) in [5.74, 6) is 1.89. The van der Waals surface area contributed by atoms with Crippen molar-refractivity contribution in [1.82, 2.24) is 19.5 Å². The molecule has 0 N–H and O–H groups in total. The first-order chi connectivity index (χ1) is 24.3. The van der Waals surface area contributed by atoms with Gasteiger partial charge in [-0.05, 0) is 41.0 Å². The van der Waals surface area contributed by atoms with Gasteiger partial charge >= 0.3 is 0 Å². The smallest absolute Gasteiger partial charge is 0.164 e. The molecule has 0 amide bonds. The Bertz CT molecular complexity index is 2540. The zero-order valence-electron chi connectivity index (χ0n) is 26.6. The van der Waals surface area contributed by atoms with Crippen LogP contribution in [0, 0.1) is 0 Å². The van der Waals surface area contributed by atoms with Crippen LogP contribution in [0.2, 0.25) is 0 Å². The van der Waals surface area contributed by atoms with Crippen molar-refractivity contribution in [1.29, 1.82) is 0 Å². The SMILES string of the molecule is c1ccc(-c2cccc(-c3nc(-c4ccccc4)nc(-c4ccc(-c5ccccc5)c(-n5c6ccccc6c6ccccc65)c4)n3)c2)cc1. The van der Waals surface area contributed by atoms with E-state index in [0.29, 0.717) is 17.5 Å². The normalized spacial score (nSPS) is 11.3. The summed E-state index contributed by atoms with van der Waals surface area (Å²) >= 11 is 0. The van der Waals surface area contributed by atoms with E-state index in [2.05, 4.69) is 150 Å². The molecule has 0 aliphatic rings. The molecule has 0 saturated heterocycles. The van der Waals surface area contributed by atoms with Crippen LogP contribution >= 0.6 is 0 Å². The second-order valence-corrected chi connectivity index (χ2v) is 12.1. The summed E-state index contributed by atoms with van der Waals surface area (Å²) < 4.78 is 2.38. The van der Waals surface area contributed by atoms with Gasteiger partial charge in [0.15, 0.2) is 17.5 Å². The van der Waals surface area contributed by atoms with Crippen molar-refractivity contribution in [2.45, 2.75) is 0 Å². The zero-order chi connectivity index (χ0) is 32.6. The maximum Gasteiger partial charge on any atom is 0.164 e. The lowest BCUT2D eigenvalue weighted by atomic mass is 10.0. The average molecular weight is 627 g/mol. The van der Waals surface area contributed by atoms with Crippen molar-refractivity contribution >= 4 is 21.8 Å². The Morgan fingerprint density at radius 2 is 0.755 bits per heavy atom. The third-order valence-electron chi connectivity index (χ3n) is 9.06. The molecule has 0 spiro atoms. The molecule has 0 radical (unpaired) electrons. The number of benzene rings is 7. The molecule has 9 aromatic rings. The Morgan fingerprint density at radius 3 is 1.37 bits per heavy atom. The van der Waals surface area contributed by atoms with E-state index >= 15 is 0 Å². The van der Waals surface area contributed by atoms with Crippen LogP contribution in [0.3, 0.4) is 0 Å². The van der Waals surface area contributed by atoms with Gasteiger partial charge < -0.3 is 4.57 Å². The number of hydrogen-bond acceptors (Lipinski definition) is 3. The van der Waals surface area contributed by atoms with Crippen LogP contribution in [-0.2, 0) is 0 Å². The van der Waals surface area contributed by atoms with E-state index in [1.54, 1.807) is 0 Å². The van der Waals surface area contributed by atoms with E-state index < -0.39 is 0 Å². The highest BCUT2D eigenvalue weighted by Crippen LogP contribution is 2.38. The topological polar surface area (TPSA) is 43.6 Å². The van der Waals surface area contributed by atoms with E-state index in [1.165, 1.54) is 10.8 Å². The first-order valence-corrected chi connectivity index (χ1v) is 16.5. The Labute approximate surface area is 284 Å². The first-order valence-electron chi connectivity index (χ1n) is 16.5. The summed E-state index contributed by atoms with van der Waals surface area (Å²) in [7, 11) is 0. The third-order valence-corrected chi connectivity index (χ3v) is 9.06.